The third-order valence-electron chi connectivity index (χ3n) is 12.9. The second-order valence-electron chi connectivity index (χ2n) is 20.2. The lowest BCUT2D eigenvalue weighted by Gasteiger charge is -2.44. The molecule has 0 spiro atoms. The Kier molecular flexibility index (Phi) is 8.73. The van der Waals surface area contributed by atoms with Gasteiger partial charge >= 0.3 is 0 Å². The first-order valence-corrected chi connectivity index (χ1v) is 22.4. The van der Waals surface area contributed by atoms with E-state index in [0.717, 1.165) is 22.9 Å². The van der Waals surface area contributed by atoms with Crippen molar-refractivity contribution in [2.45, 2.75) is 92.4 Å². The molecule has 0 N–H and O–H groups in total. The molecular formula is C54H55BN2O2S. The molecule has 0 bridgehead atoms. The first-order valence-electron chi connectivity index (χ1n) is 21.5. The van der Waals surface area contributed by atoms with E-state index >= 15 is 0 Å². The second-order valence-corrected chi connectivity index (χ2v) is 21.2. The third kappa shape index (κ3) is 6.08. The highest BCUT2D eigenvalue weighted by Crippen LogP contribution is 2.52. The van der Waals surface area contributed by atoms with Gasteiger partial charge in [0.2, 0.25) is 0 Å². The van der Waals surface area contributed by atoms with Gasteiger partial charge in [-0.05, 0) is 122 Å². The maximum absolute atomic E-state index is 6.44. The summed E-state index contributed by atoms with van der Waals surface area (Å²) in [6.07, 6.45) is 0. The van der Waals surface area contributed by atoms with E-state index in [1.165, 1.54) is 87.5 Å². The van der Waals surface area contributed by atoms with E-state index in [1.807, 2.05) is 11.3 Å². The minimum Gasteiger partial charge on any atom is -0.486 e. The van der Waals surface area contributed by atoms with Gasteiger partial charge in [0.15, 0.2) is 11.5 Å². The van der Waals surface area contributed by atoms with Crippen molar-refractivity contribution in [2.24, 2.45) is 0 Å². The van der Waals surface area contributed by atoms with Gasteiger partial charge in [0.25, 0.3) is 6.71 Å². The minimum atomic E-state index is -0.0445. The first-order chi connectivity index (χ1) is 28.5. The van der Waals surface area contributed by atoms with Gasteiger partial charge in [-0.2, -0.15) is 0 Å². The molecule has 60 heavy (non-hydrogen) atoms. The highest BCUT2D eigenvalue weighted by atomic mass is 32.1. The maximum atomic E-state index is 6.44. The van der Waals surface area contributed by atoms with Crippen LogP contribution in [0.1, 0.15) is 90.1 Å². The summed E-state index contributed by atoms with van der Waals surface area (Å²) in [6, 6.07) is 41.6. The van der Waals surface area contributed by atoms with E-state index in [0.29, 0.717) is 13.2 Å². The fourth-order valence-electron chi connectivity index (χ4n) is 9.73. The normalized spacial score (nSPS) is 14.6. The molecule has 1 aromatic heterocycles. The first kappa shape index (κ1) is 38.7. The Labute approximate surface area is 360 Å². The van der Waals surface area contributed by atoms with Crippen LogP contribution in [-0.2, 0) is 16.2 Å². The van der Waals surface area contributed by atoms with Crippen molar-refractivity contribution >= 4 is 78.0 Å². The van der Waals surface area contributed by atoms with E-state index in [9.17, 15) is 0 Å². The third-order valence-corrected chi connectivity index (χ3v) is 14.1. The smallest absolute Gasteiger partial charge is 0.254 e. The maximum Gasteiger partial charge on any atom is 0.254 e. The molecule has 3 aliphatic rings. The highest BCUT2D eigenvalue weighted by Gasteiger charge is 2.47. The van der Waals surface area contributed by atoms with Crippen LogP contribution < -0.4 is 35.7 Å². The summed E-state index contributed by atoms with van der Waals surface area (Å²) >= 11 is 1.92. The number of hydrogen-bond acceptors (Lipinski definition) is 5. The molecule has 0 unspecified atom stereocenters. The number of fused-ring (bicyclic) bond motifs is 7. The molecule has 4 nitrogen and oxygen atoms in total. The molecule has 0 atom stereocenters. The van der Waals surface area contributed by atoms with Crippen LogP contribution in [0.15, 0.2) is 109 Å². The summed E-state index contributed by atoms with van der Waals surface area (Å²) in [5.74, 6) is 1.61. The highest BCUT2D eigenvalue weighted by molar-refractivity contribution is 7.26. The quantitative estimate of drug-likeness (QED) is 0.166. The van der Waals surface area contributed by atoms with Gasteiger partial charge in [-0.1, -0.05) is 129 Å². The van der Waals surface area contributed by atoms with Crippen molar-refractivity contribution in [3.63, 3.8) is 0 Å². The molecule has 6 heteroatoms. The predicted molar refractivity (Wildman–Crippen MR) is 258 cm³/mol. The van der Waals surface area contributed by atoms with Gasteiger partial charge < -0.3 is 19.3 Å². The van der Waals surface area contributed by atoms with Crippen molar-refractivity contribution < 1.29 is 9.47 Å². The topological polar surface area (TPSA) is 24.9 Å². The molecule has 0 fully saturated rings. The Morgan fingerprint density at radius 2 is 1.13 bits per heavy atom. The number of hydrogen-bond donors (Lipinski definition) is 0. The van der Waals surface area contributed by atoms with Crippen molar-refractivity contribution in [3.05, 3.63) is 137 Å². The molecule has 0 radical (unpaired) electrons. The van der Waals surface area contributed by atoms with E-state index in [2.05, 4.69) is 195 Å². The second kappa shape index (κ2) is 13.5. The molecule has 4 heterocycles. The van der Waals surface area contributed by atoms with Gasteiger partial charge in [-0.25, -0.2) is 0 Å². The summed E-state index contributed by atoms with van der Waals surface area (Å²) in [6.45, 7) is 26.4. The molecule has 6 aromatic carbocycles. The lowest BCUT2D eigenvalue weighted by Crippen LogP contribution is -2.61. The van der Waals surface area contributed by atoms with E-state index in [-0.39, 0.29) is 23.0 Å². The Morgan fingerprint density at radius 1 is 0.533 bits per heavy atom. The molecule has 0 saturated heterocycles. The molecule has 0 saturated carbocycles. The van der Waals surface area contributed by atoms with Gasteiger partial charge in [0.1, 0.15) is 13.2 Å². The summed E-state index contributed by atoms with van der Waals surface area (Å²) in [4.78, 5) is 5.14. The predicted octanol–water partition coefficient (Wildman–Crippen LogP) is 12.9. The van der Waals surface area contributed by atoms with Crippen LogP contribution in [0.5, 0.6) is 11.5 Å². The zero-order valence-corrected chi connectivity index (χ0v) is 37.8. The number of ether oxygens (including phenoxy) is 2. The summed E-state index contributed by atoms with van der Waals surface area (Å²) in [5, 5.41) is 2.61. The van der Waals surface area contributed by atoms with Crippen LogP contribution >= 0.6 is 11.3 Å². The molecule has 0 aliphatic carbocycles. The van der Waals surface area contributed by atoms with Gasteiger partial charge in [0, 0.05) is 33.4 Å². The van der Waals surface area contributed by atoms with E-state index in [1.54, 1.807) is 0 Å². The minimum absolute atomic E-state index is 0.00499. The van der Waals surface area contributed by atoms with Gasteiger partial charge in [0.05, 0.1) is 16.4 Å². The molecule has 10 rings (SSSR count). The monoisotopic (exact) mass is 806 g/mol. The van der Waals surface area contributed by atoms with Crippen molar-refractivity contribution in [1.29, 1.82) is 0 Å². The van der Waals surface area contributed by atoms with Gasteiger partial charge in [-0.3, -0.25) is 0 Å². The number of rotatable bonds is 3. The average molecular weight is 807 g/mol. The van der Waals surface area contributed by atoms with Crippen molar-refractivity contribution in [2.75, 3.05) is 23.0 Å². The standard InChI is InChI=1S/C54H55BN2O2S/c1-32-26-37(54(9,10)11)27-33(2)50(32)57-43-19-15-18-42-49(43)55(48-39-29-36(53(6,7)8)21-23-47(39)60-51(48)57)40-30-45-46(59-25-24-58-45)31-44(40)56(42)41-22-20-35(52(3,4)5)28-38(41)34-16-13-12-14-17-34/h12-23,26-31H,24-25H2,1-11H3. The number of aryl methyl sites for hydroxylation is 2. The fourth-order valence-corrected chi connectivity index (χ4v) is 11.0. The number of nitrogens with zero attached hydrogens (tertiary/aromatic N) is 2. The Morgan fingerprint density at radius 3 is 1.78 bits per heavy atom. The Bertz CT molecular complexity index is 2850. The SMILES string of the molecule is Cc1cc(C(C)(C)C)cc(C)c1N1c2cccc3c2B(c2cc4c(cc2N3c2ccc(C(C)(C)C)cc2-c2ccccc2)OCCO4)c2c1sc1ccc(C(C)(C)C)cc21. The lowest BCUT2D eigenvalue weighted by atomic mass is 9.33. The van der Waals surface area contributed by atoms with Crippen LogP contribution in [0.25, 0.3) is 21.2 Å². The Hall–Kier alpha value is -5.46. The number of thiophene rings is 1. The molecule has 3 aliphatic heterocycles. The van der Waals surface area contributed by atoms with Crippen LogP contribution in [0.2, 0.25) is 0 Å². The lowest BCUT2D eigenvalue weighted by molar-refractivity contribution is 0.172. The molecule has 0 amide bonds. The Balaban J connectivity index is 1.33. The molecule has 302 valence electrons. The van der Waals surface area contributed by atoms with Crippen molar-refractivity contribution in [1.82, 2.24) is 0 Å². The van der Waals surface area contributed by atoms with E-state index < -0.39 is 0 Å². The zero-order valence-electron chi connectivity index (χ0n) is 37.0. The summed E-state index contributed by atoms with van der Waals surface area (Å²) in [7, 11) is 0. The number of anilines is 6. The largest absolute Gasteiger partial charge is 0.486 e. The van der Waals surface area contributed by atoms with Crippen LogP contribution in [0.4, 0.5) is 33.4 Å². The zero-order chi connectivity index (χ0) is 42.0. The van der Waals surface area contributed by atoms with Crippen LogP contribution in [0.3, 0.4) is 0 Å². The molecule has 7 aromatic rings. The van der Waals surface area contributed by atoms with Gasteiger partial charge in [-0.15, -0.1) is 11.3 Å². The fraction of sp³-hybridized carbons (Fsp3) is 0.296. The van der Waals surface area contributed by atoms with E-state index in [4.69, 9.17) is 9.47 Å². The summed E-state index contributed by atoms with van der Waals surface area (Å²) < 4.78 is 14.1. The number of benzene rings is 6. The average Bonchev–Trinajstić information content (AvgIpc) is 3.58. The molecular weight excluding hydrogens is 751 g/mol. The van der Waals surface area contributed by atoms with Crippen LogP contribution in [0, 0.1) is 13.8 Å². The summed E-state index contributed by atoms with van der Waals surface area (Å²) in [5.41, 5.74) is 18.8. The van der Waals surface area contributed by atoms with Crippen molar-refractivity contribution in [3.8, 4) is 22.6 Å². The van der Waals surface area contributed by atoms with Crippen LogP contribution in [-0.4, -0.2) is 19.9 Å².